The molecule has 140 valence electrons. The summed E-state index contributed by atoms with van der Waals surface area (Å²) in [6.45, 7) is 7.67. The first-order valence-corrected chi connectivity index (χ1v) is 10.3. The summed E-state index contributed by atoms with van der Waals surface area (Å²) in [6, 6.07) is 6.93. The molecule has 3 fully saturated rings. The molecule has 4 bridgehead atoms. The molecule has 1 N–H and O–H groups in total. The summed E-state index contributed by atoms with van der Waals surface area (Å²) >= 11 is 0. The van der Waals surface area contributed by atoms with E-state index in [9.17, 15) is 0 Å². The number of H-pyrrole nitrogens is 1. The highest BCUT2D eigenvalue weighted by atomic mass is 16.5. The molecule has 2 aromatic rings. The van der Waals surface area contributed by atoms with Crippen molar-refractivity contribution in [3.05, 3.63) is 29.5 Å². The second kappa shape index (κ2) is 6.00. The molecule has 26 heavy (non-hydrogen) atoms. The van der Waals surface area contributed by atoms with Gasteiger partial charge in [-0.25, -0.2) is 0 Å². The van der Waals surface area contributed by atoms with Crippen LogP contribution in [-0.4, -0.2) is 42.7 Å². The minimum Gasteiger partial charge on any atom is -0.497 e. The number of ether oxygens (including phenoxy) is 2. The Labute approximate surface area is 155 Å². The van der Waals surface area contributed by atoms with Crippen LogP contribution in [-0.2, 0) is 16.8 Å². The molecule has 0 amide bonds. The third-order valence-corrected chi connectivity index (χ3v) is 7.15. The first kappa shape index (κ1) is 16.6. The van der Waals surface area contributed by atoms with Crippen molar-refractivity contribution in [1.82, 2.24) is 9.88 Å². The van der Waals surface area contributed by atoms with Crippen molar-refractivity contribution in [1.29, 1.82) is 0 Å². The number of aromatic amines is 1. The summed E-state index contributed by atoms with van der Waals surface area (Å²) in [5.74, 6) is 2.43. The maximum absolute atomic E-state index is 6.70. The van der Waals surface area contributed by atoms with E-state index in [-0.39, 0.29) is 5.60 Å². The van der Waals surface area contributed by atoms with Gasteiger partial charge in [-0.1, -0.05) is 13.3 Å². The van der Waals surface area contributed by atoms with Gasteiger partial charge in [-0.3, -0.25) is 4.90 Å². The SMILES string of the molecule is CCO[C@@]12C[C@H]3C[C@H](CC)[C@@H]1N(CCc1c2[nH]c2ccc(OC)cc12)C3. The molecular weight excluding hydrogens is 324 g/mol. The van der Waals surface area contributed by atoms with Gasteiger partial charge in [-0.2, -0.15) is 0 Å². The van der Waals surface area contributed by atoms with Gasteiger partial charge < -0.3 is 14.5 Å². The molecule has 1 aromatic heterocycles. The van der Waals surface area contributed by atoms with Crippen LogP contribution in [0.2, 0.25) is 0 Å². The van der Waals surface area contributed by atoms with Gasteiger partial charge in [0.25, 0.3) is 0 Å². The maximum atomic E-state index is 6.70. The molecule has 1 unspecified atom stereocenters. The monoisotopic (exact) mass is 354 g/mol. The summed E-state index contributed by atoms with van der Waals surface area (Å²) < 4.78 is 12.2. The fraction of sp³-hybridized carbons (Fsp3) is 0.636. The van der Waals surface area contributed by atoms with Crippen LogP contribution < -0.4 is 4.74 Å². The molecule has 5 atom stereocenters. The number of nitrogens with zero attached hydrogens (tertiary/aromatic N) is 1. The first-order chi connectivity index (χ1) is 12.7. The lowest BCUT2D eigenvalue weighted by Gasteiger charge is -2.58. The van der Waals surface area contributed by atoms with Gasteiger partial charge >= 0.3 is 0 Å². The van der Waals surface area contributed by atoms with E-state index in [1.54, 1.807) is 7.11 Å². The Balaban J connectivity index is 1.74. The van der Waals surface area contributed by atoms with Gasteiger partial charge in [-0.15, -0.1) is 0 Å². The largest absolute Gasteiger partial charge is 0.497 e. The third-order valence-electron chi connectivity index (χ3n) is 7.15. The molecule has 2 saturated heterocycles. The standard InChI is InChI=1S/C22H30N2O2/c1-4-15-10-14-12-22(26-5-2)20-17(8-9-24(13-14)21(15)22)18-11-16(25-3)6-7-19(18)23-20/h6-7,11,14-15,21,23H,4-5,8-10,12-13H2,1-3H3/t14-,15+,21+,22-/m1/s1. The fourth-order valence-corrected chi connectivity index (χ4v) is 6.32. The predicted molar refractivity (Wildman–Crippen MR) is 104 cm³/mol. The predicted octanol–water partition coefficient (Wildman–Crippen LogP) is 4.08. The number of hydrogen-bond acceptors (Lipinski definition) is 3. The Hall–Kier alpha value is -1.52. The van der Waals surface area contributed by atoms with E-state index in [0.717, 1.165) is 43.6 Å². The molecule has 4 nitrogen and oxygen atoms in total. The number of aromatic nitrogens is 1. The van der Waals surface area contributed by atoms with E-state index in [1.165, 1.54) is 41.5 Å². The third kappa shape index (κ3) is 2.15. The first-order valence-electron chi connectivity index (χ1n) is 10.3. The van der Waals surface area contributed by atoms with Crippen LogP contribution in [0.3, 0.4) is 0 Å². The van der Waals surface area contributed by atoms with E-state index in [0.29, 0.717) is 6.04 Å². The van der Waals surface area contributed by atoms with E-state index in [2.05, 4.69) is 41.9 Å². The Bertz CT molecular complexity index is 829. The molecule has 4 heteroatoms. The normalized spacial score (nSPS) is 35.3. The van der Waals surface area contributed by atoms with Gasteiger partial charge in [0, 0.05) is 36.6 Å². The van der Waals surface area contributed by atoms with Crippen LogP contribution in [0.5, 0.6) is 5.75 Å². The average Bonchev–Trinajstić information content (AvgIpc) is 3.00. The molecule has 1 saturated carbocycles. The van der Waals surface area contributed by atoms with Crippen molar-refractivity contribution in [3.8, 4) is 5.75 Å². The van der Waals surface area contributed by atoms with Crippen molar-refractivity contribution in [2.24, 2.45) is 11.8 Å². The lowest BCUT2D eigenvalue weighted by Crippen LogP contribution is -2.65. The number of benzene rings is 1. The summed E-state index contributed by atoms with van der Waals surface area (Å²) in [5, 5.41) is 1.32. The lowest BCUT2D eigenvalue weighted by molar-refractivity contribution is -0.191. The Kier molecular flexibility index (Phi) is 3.84. The molecule has 4 heterocycles. The van der Waals surface area contributed by atoms with Crippen LogP contribution in [0.25, 0.3) is 10.9 Å². The zero-order valence-corrected chi connectivity index (χ0v) is 16.2. The number of rotatable bonds is 4. The molecular formula is C22H30N2O2. The molecule has 1 aliphatic carbocycles. The minimum atomic E-state index is -0.172. The van der Waals surface area contributed by atoms with Crippen LogP contribution in [0.1, 0.15) is 44.4 Å². The van der Waals surface area contributed by atoms with Crippen LogP contribution >= 0.6 is 0 Å². The van der Waals surface area contributed by atoms with Crippen LogP contribution in [0.15, 0.2) is 18.2 Å². The molecule has 0 spiro atoms. The quantitative estimate of drug-likeness (QED) is 0.899. The smallest absolute Gasteiger partial charge is 0.124 e. The van der Waals surface area contributed by atoms with E-state index < -0.39 is 0 Å². The number of piperidine rings is 2. The molecule has 1 aromatic carbocycles. The zero-order valence-electron chi connectivity index (χ0n) is 16.2. The van der Waals surface area contributed by atoms with Gasteiger partial charge in [0.05, 0.1) is 12.8 Å². The highest BCUT2D eigenvalue weighted by Gasteiger charge is 2.58. The highest BCUT2D eigenvalue weighted by Crippen LogP contribution is 2.55. The Morgan fingerprint density at radius 3 is 2.96 bits per heavy atom. The lowest BCUT2D eigenvalue weighted by atomic mass is 9.62. The van der Waals surface area contributed by atoms with E-state index >= 15 is 0 Å². The Morgan fingerprint density at radius 1 is 1.31 bits per heavy atom. The Morgan fingerprint density at radius 2 is 2.19 bits per heavy atom. The number of fused-ring (bicyclic) bond motifs is 4. The molecule has 4 aliphatic rings. The second-order valence-electron chi connectivity index (χ2n) is 8.38. The minimum absolute atomic E-state index is 0.172. The van der Waals surface area contributed by atoms with Crippen LogP contribution in [0, 0.1) is 11.8 Å². The summed E-state index contributed by atoms with van der Waals surface area (Å²) in [4.78, 5) is 6.56. The molecule has 6 rings (SSSR count). The van der Waals surface area contributed by atoms with Crippen molar-refractivity contribution in [2.75, 3.05) is 26.8 Å². The van der Waals surface area contributed by atoms with Gasteiger partial charge in [0.2, 0.25) is 0 Å². The van der Waals surface area contributed by atoms with Crippen molar-refractivity contribution < 1.29 is 9.47 Å². The van der Waals surface area contributed by atoms with Gasteiger partial charge in [0.15, 0.2) is 0 Å². The number of hydrogen-bond donors (Lipinski definition) is 1. The fourth-order valence-electron chi connectivity index (χ4n) is 6.32. The number of methoxy groups -OCH3 is 1. The van der Waals surface area contributed by atoms with Crippen molar-refractivity contribution >= 4 is 10.9 Å². The van der Waals surface area contributed by atoms with Crippen molar-refractivity contribution in [2.45, 2.75) is 51.2 Å². The summed E-state index contributed by atoms with van der Waals surface area (Å²) in [6.07, 6.45) is 4.87. The molecule has 3 aliphatic heterocycles. The van der Waals surface area contributed by atoms with Gasteiger partial charge in [-0.05, 0) is 61.8 Å². The van der Waals surface area contributed by atoms with Crippen molar-refractivity contribution in [3.63, 3.8) is 0 Å². The number of nitrogens with one attached hydrogen (secondary N) is 1. The zero-order chi connectivity index (χ0) is 17.9. The summed E-state index contributed by atoms with van der Waals surface area (Å²) in [7, 11) is 1.75. The topological polar surface area (TPSA) is 37.5 Å². The van der Waals surface area contributed by atoms with Crippen LogP contribution in [0.4, 0.5) is 0 Å². The maximum Gasteiger partial charge on any atom is 0.124 e. The second-order valence-corrected chi connectivity index (χ2v) is 8.38. The summed E-state index contributed by atoms with van der Waals surface area (Å²) in [5.41, 5.74) is 3.86. The van der Waals surface area contributed by atoms with E-state index in [1.807, 2.05) is 0 Å². The average molecular weight is 354 g/mol. The van der Waals surface area contributed by atoms with E-state index in [4.69, 9.17) is 9.47 Å². The molecule has 0 radical (unpaired) electrons. The highest BCUT2D eigenvalue weighted by molar-refractivity contribution is 5.86. The van der Waals surface area contributed by atoms with Gasteiger partial charge in [0.1, 0.15) is 11.4 Å².